The highest BCUT2D eigenvalue weighted by atomic mass is 16.5. The summed E-state index contributed by atoms with van der Waals surface area (Å²) in [7, 11) is 0. The van der Waals surface area contributed by atoms with E-state index in [-0.39, 0.29) is 24.8 Å². The summed E-state index contributed by atoms with van der Waals surface area (Å²) in [5.41, 5.74) is 2.02. The number of rotatable bonds is 9. The molecule has 0 saturated heterocycles. The van der Waals surface area contributed by atoms with Crippen molar-refractivity contribution in [2.24, 2.45) is 5.92 Å². The van der Waals surface area contributed by atoms with Crippen molar-refractivity contribution in [2.75, 3.05) is 6.54 Å². The number of carbonyl (C=O) groups is 2. The Morgan fingerprint density at radius 1 is 1.31 bits per heavy atom. The van der Waals surface area contributed by atoms with E-state index in [0.29, 0.717) is 24.6 Å². The van der Waals surface area contributed by atoms with Crippen LogP contribution in [0.15, 0.2) is 28.8 Å². The summed E-state index contributed by atoms with van der Waals surface area (Å²) in [6, 6.07) is 7.72. The molecule has 140 valence electrons. The van der Waals surface area contributed by atoms with Crippen LogP contribution < -0.4 is 5.32 Å². The quantitative estimate of drug-likeness (QED) is 0.713. The molecule has 0 spiro atoms. The molecule has 7 heteroatoms. The number of carboxylic acids is 1. The second-order valence-corrected chi connectivity index (χ2v) is 6.73. The Balaban J connectivity index is 1.82. The lowest BCUT2D eigenvalue weighted by atomic mass is 9.98. The van der Waals surface area contributed by atoms with E-state index < -0.39 is 11.9 Å². The maximum atomic E-state index is 12.0. The second-order valence-electron chi connectivity index (χ2n) is 6.73. The van der Waals surface area contributed by atoms with Gasteiger partial charge in [0.05, 0.1) is 5.92 Å². The third-order valence-electron chi connectivity index (χ3n) is 4.03. The molecule has 0 aliphatic rings. The summed E-state index contributed by atoms with van der Waals surface area (Å²) < 4.78 is 5.10. The standard InChI is InChI=1S/C19H25N3O4/c1-12(2)18-21-17(26-22-18)8-7-16(23)20-11-15(19(24)25)10-14-6-4-5-13(3)9-14/h4-6,9,12,15H,7-8,10-11H2,1-3H3,(H,20,23)(H,24,25). The molecule has 0 radical (unpaired) electrons. The lowest BCUT2D eigenvalue weighted by Gasteiger charge is -2.13. The molecule has 26 heavy (non-hydrogen) atoms. The van der Waals surface area contributed by atoms with Gasteiger partial charge in [0.15, 0.2) is 5.82 Å². The van der Waals surface area contributed by atoms with Crippen molar-refractivity contribution in [3.05, 3.63) is 47.1 Å². The van der Waals surface area contributed by atoms with Crippen LogP contribution in [0.2, 0.25) is 0 Å². The van der Waals surface area contributed by atoms with Crippen LogP contribution in [0.25, 0.3) is 0 Å². The Kier molecular flexibility index (Phi) is 6.89. The number of hydrogen-bond acceptors (Lipinski definition) is 5. The number of aryl methyl sites for hydroxylation is 2. The molecule has 0 fully saturated rings. The minimum Gasteiger partial charge on any atom is -0.481 e. The molecule has 2 rings (SSSR count). The third kappa shape index (κ3) is 5.98. The molecule has 1 atom stereocenters. The minimum atomic E-state index is -0.926. The van der Waals surface area contributed by atoms with E-state index in [4.69, 9.17) is 4.52 Å². The molecule has 0 aliphatic carbocycles. The van der Waals surface area contributed by atoms with Gasteiger partial charge in [0.1, 0.15) is 0 Å². The van der Waals surface area contributed by atoms with E-state index >= 15 is 0 Å². The van der Waals surface area contributed by atoms with Crippen LogP contribution in [-0.2, 0) is 22.4 Å². The van der Waals surface area contributed by atoms with Gasteiger partial charge in [-0.3, -0.25) is 9.59 Å². The van der Waals surface area contributed by atoms with Crippen LogP contribution in [-0.4, -0.2) is 33.7 Å². The van der Waals surface area contributed by atoms with Gasteiger partial charge in [-0.15, -0.1) is 0 Å². The van der Waals surface area contributed by atoms with E-state index in [1.54, 1.807) is 0 Å². The van der Waals surface area contributed by atoms with E-state index in [0.717, 1.165) is 11.1 Å². The van der Waals surface area contributed by atoms with Gasteiger partial charge >= 0.3 is 5.97 Å². The largest absolute Gasteiger partial charge is 0.481 e. The Morgan fingerprint density at radius 3 is 2.69 bits per heavy atom. The molecule has 0 saturated carbocycles. The summed E-state index contributed by atoms with van der Waals surface area (Å²) in [5.74, 6) is -0.631. The average molecular weight is 359 g/mol. The van der Waals surface area contributed by atoms with Gasteiger partial charge in [0, 0.05) is 25.3 Å². The number of carbonyl (C=O) groups excluding carboxylic acids is 1. The number of amides is 1. The van der Waals surface area contributed by atoms with Gasteiger partial charge < -0.3 is 14.9 Å². The van der Waals surface area contributed by atoms with Crippen molar-refractivity contribution in [3.63, 3.8) is 0 Å². The maximum absolute atomic E-state index is 12.0. The Labute approximate surface area is 152 Å². The first-order valence-electron chi connectivity index (χ1n) is 8.72. The summed E-state index contributed by atoms with van der Waals surface area (Å²) in [5, 5.41) is 15.9. The molecule has 1 amide bonds. The smallest absolute Gasteiger partial charge is 0.308 e. The number of aliphatic carboxylic acids is 1. The van der Waals surface area contributed by atoms with Crippen molar-refractivity contribution in [1.82, 2.24) is 15.5 Å². The van der Waals surface area contributed by atoms with Crippen LogP contribution in [0.4, 0.5) is 0 Å². The van der Waals surface area contributed by atoms with E-state index in [1.165, 1.54) is 0 Å². The first-order valence-corrected chi connectivity index (χ1v) is 8.72. The third-order valence-corrected chi connectivity index (χ3v) is 4.03. The van der Waals surface area contributed by atoms with Gasteiger partial charge in [-0.1, -0.05) is 48.8 Å². The number of hydrogen-bond donors (Lipinski definition) is 2. The van der Waals surface area contributed by atoms with E-state index in [9.17, 15) is 14.7 Å². The van der Waals surface area contributed by atoms with Gasteiger partial charge in [0.2, 0.25) is 11.8 Å². The Morgan fingerprint density at radius 2 is 2.08 bits per heavy atom. The molecule has 1 unspecified atom stereocenters. The zero-order chi connectivity index (χ0) is 19.1. The number of carboxylic acid groups (broad SMARTS) is 1. The Bertz CT molecular complexity index is 755. The molecule has 0 aliphatic heterocycles. The van der Waals surface area contributed by atoms with Crippen LogP contribution in [0.3, 0.4) is 0 Å². The highest BCUT2D eigenvalue weighted by Crippen LogP contribution is 2.12. The molecule has 1 aromatic carbocycles. The van der Waals surface area contributed by atoms with Crippen LogP contribution in [0.1, 0.15) is 49.0 Å². The first kappa shape index (κ1) is 19.6. The van der Waals surface area contributed by atoms with Crippen LogP contribution in [0.5, 0.6) is 0 Å². The summed E-state index contributed by atoms with van der Waals surface area (Å²) >= 11 is 0. The SMILES string of the molecule is Cc1cccc(CC(CNC(=O)CCc2nc(C(C)C)no2)C(=O)O)c1. The van der Waals surface area contributed by atoms with Crippen molar-refractivity contribution >= 4 is 11.9 Å². The summed E-state index contributed by atoms with van der Waals surface area (Å²) in [4.78, 5) is 27.7. The zero-order valence-corrected chi connectivity index (χ0v) is 15.4. The topological polar surface area (TPSA) is 105 Å². The van der Waals surface area contributed by atoms with Crippen molar-refractivity contribution in [1.29, 1.82) is 0 Å². The summed E-state index contributed by atoms with van der Waals surface area (Å²) in [6.07, 6.45) is 0.885. The van der Waals surface area contributed by atoms with Gasteiger partial charge in [-0.2, -0.15) is 4.98 Å². The molecule has 1 aromatic heterocycles. The van der Waals surface area contributed by atoms with Crippen LogP contribution >= 0.6 is 0 Å². The number of aromatic nitrogens is 2. The monoisotopic (exact) mass is 359 g/mol. The fourth-order valence-corrected chi connectivity index (χ4v) is 2.52. The second kappa shape index (κ2) is 9.12. The fraction of sp³-hybridized carbons (Fsp3) is 0.474. The fourth-order valence-electron chi connectivity index (χ4n) is 2.52. The molecule has 2 aromatic rings. The van der Waals surface area contributed by atoms with E-state index in [2.05, 4.69) is 15.5 Å². The predicted molar refractivity (Wildman–Crippen MR) is 95.7 cm³/mol. The maximum Gasteiger partial charge on any atom is 0.308 e. The predicted octanol–water partition coefficient (Wildman–Crippen LogP) is 2.49. The van der Waals surface area contributed by atoms with Crippen molar-refractivity contribution in [2.45, 2.75) is 46.0 Å². The average Bonchev–Trinajstić information content (AvgIpc) is 3.06. The summed E-state index contributed by atoms with van der Waals surface area (Å²) in [6.45, 7) is 5.97. The zero-order valence-electron chi connectivity index (χ0n) is 15.4. The van der Waals surface area contributed by atoms with Gasteiger partial charge in [-0.25, -0.2) is 0 Å². The van der Waals surface area contributed by atoms with Crippen molar-refractivity contribution < 1.29 is 19.2 Å². The molecule has 0 bridgehead atoms. The number of nitrogens with one attached hydrogen (secondary N) is 1. The number of nitrogens with zero attached hydrogens (tertiary/aromatic N) is 2. The highest BCUT2D eigenvalue weighted by molar-refractivity contribution is 5.77. The molecular formula is C19H25N3O4. The van der Waals surface area contributed by atoms with Gasteiger partial charge in [0.25, 0.3) is 0 Å². The molecular weight excluding hydrogens is 334 g/mol. The normalized spacial score (nSPS) is 12.2. The molecule has 1 heterocycles. The van der Waals surface area contributed by atoms with Crippen molar-refractivity contribution in [3.8, 4) is 0 Å². The number of benzene rings is 1. The highest BCUT2D eigenvalue weighted by Gasteiger charge is 2.19. The molecule has 2 N–H and O–H groups in total. The minimum absolute atomic E-state index is 0.0865. The van der Waals surface area contributed by atoms with Gasteiger partial charge in [-0.05, 0) is 18.9 Å². The van der Waals surface area contributed by atoms with Crippen LogP contribution in [0, 0.1) is 12.8 Å². The van der Waals surface area contributed by atoms with E-state index in [1.807, 2.05) is 45.0 Å². The lowest BCUT2D eigenvalue weighted by molar-refractivity contribution is -0.141. The first-order chi connectivity index (χ1) is 12.3. The Hall–Kier alpha value is -2.70. The lowest BCUT2D eigenvalue weighted by Crippen LogP contribution is -2.34. The molecule has 7 nitrogen and oxygen atoms in total.